The van der Waals surface area contributed by atoms with Crippen LogP contribution in [0.4, 0.5) is 0 Å². The van der Waals surface area contributed by atoms with E-state index < -0.39 is 0 Å². The molecule has 0 aliphatic carbocycles. The van der Waals surface area contributed by atoms with Crippen LogP contribution >= 0.6 is 34.7 Å². The highest BCUT2D eigenvalue weighted by Crippen LogP contribution is 2.29. The Labute approximate surface area is 107 Å². The maximum Gasteiger partial charge on any atom is 0.0776 e. The van der Waals surface area contributed by atoms with Gasteiger partial charge in [0.15, 0.2) is 0 Å². The van der Waals surface area contributed by atoms with Gasteiger partial charge in [-0.25, -0.2) is 0 Å². The summed E-state index contributed by atoms with van der Waals surface area (Å²) in [5.74, 6) is 0. The maximum absolute atomic E-state index is 6.11. The fourth-order valence-corrected chi connectivity index (χ4v) is 2.36. The average Bonchev–Trinajstić information content (AvgIpc) is 2.67. The van der Waals surface area contributed by atoms with Crippen LogP contribution in [-0.4, -0.2) is 9.59 Å². The Morgan fingerprint density at radius 2 is 2.06 bits per heavy atom. The van der Waals surface area contributed by atoms with Gasteiger partial charge in [0.05, 0.1) is 26.7 Å². The molecule has 0 fully saturated rings. The van der Waals surface area contributed by atoms with Crippen LogP contribution in [0, 0.1) is 6.92 Å². The molecule has 3 nitrogen and oxygen atoms in total. The van der Waals surface area contributed by atoms with E-state index in [1.54, 1.807) is 12.1 Å². The molecule has 2 N–H and O–H groups in total. The van der Waals surface area contributed by atoms with E-state index in [0.29, 0.717) is 10.0 Å². The number of aryl methyl sites for hydroxylation is 1. The van der Waals surface area contributed by atoms with E-state index in [4.69, 9.17) is 28.9 Å². The topological polar surface area (TPSA) is 51.8 Å². The van der Waals surface area contributed by atoms with Crippen LogP contribution in [0.25, 0.3) is 0 Å². The van der Waals surface area contributed by atoms with Gasteiger partial charge in [0.2, 0.25) is 0 Å². The van der Waals surface area contributed by atoms with E-state index in [9.17, 15) is 0 Å². The molecule has 1 atom stereocenters. The lowest BCUT2D eigenvalue weighted by Crippen LogP contribution is -2.11. The van der Waals surface area contributed by atoms with E-state index in [1.165, 1.54) is 11.5 Å². The number of halogens is 2. The molecule has 2 aromatic rings. The maximum atomic E-state index is 6.11. The zero-order chi connectivity index (χ0) is 11.7. The second kappa shape index (κ2) is 4.67. The van der Waals surface area contributed by atoms with Gasteiger partial charge in [-0.05, 0) is 36.2 Å². The minimum absolute atomic E-state index is 0.255. The highest BCUT2D eigenvalue weighted by Gasteiger charge is 2.15. The Balaban J connectivity index is 2.38. The van der Waals surface area contributed by atoms with Crippen molar-refractivity contribution in [2.75, 3.05) is 0 Å². The molecule has 0 bridgehead atoms. The lowest BCUT2D eigenvalue weighted by atomic mass is 10.1. The molecule has 2 rings (SSSR count). The minimum Gasteiger partial charge on any atom is -0.319 e. The molecular weight excluding hydrogens is 265 g/mol. The predicted molar refractivity (Wildman–Crippen MR) is 67.1 cm³/mol. The molecule has 0 saturated heterocycles. The Bertz CT molecular complexity index is 513. The van der Waals surface area contributed by atoms with E-state index in [0.717, 1.165) is 16.1 Å². The average molecular weight is 274 g/mol. The third-order valence-corrected chi connectivity index (χ3v) is 3.92. The van der Waals surface area contributed by atoms with Crippen molar-refractivity contribution in [1.29, 1.82) is 0 Å². The summed E-state index contributed by atoms with van der Waals surface area (Å²) in [5, 5.41) is 4.96. The Hall–Kier alpha value is -0.680. The molecule has 0 amide bonds. The van der Waals surface area contributed by atoms with Crippen LogP contribution in [-0.2, 0) is 0 Å². The summed E-state index contributed by atoms with van der Waals surface area (Å²) in [5.41, 5.74) is 7.87. The molecule has 1 heterocycles. The number of aromatic nitrogens is 2. The summed E-state index contributed by atoms with van der Waals surface area (Å²) in [6, 6.07) is 5.11. The second-order valence-electron chi connectivity index (χ2n) is 3.37. The van der Waals surface area contributed by atoms with Crippen LogP contribution in [0.5, 0.6) is 0 Å². The number of benzene rings is 1. The Kier molecular flexibility index (Phi) is 3.44. The first kappa shape index (κ1) is 11.8. The van der Waals surface area contributed by atoms with Crippen molar-refractivity contribution in [3.8, 4) is 0 Å². The van der Waals surface area contributed by atoms with Gasteiger partial charge in [0, 0.05) is 0 Å². The lowest BCUT2D eigenvalue weighted by Gasteiger charge is -2.10. The fourth-order valence-electron chi connectivity index (χ4n) is 1.38. The van der Waals surface area contributed by atoms with Crippen LogP contribution in [0.1, 0.15) is 22.2 Å². The van der Waals surface area contributed by atoms with E-state index >= 15 is 0 Å². The fraction of sp³-hybridized carbons (Fsp3) is 0.200. The minimum atomic E-state index is -0.255. The first-order valence-electron chi connectivity index (χ1n) is 4.59. The van der Waals surface area contributed by atoms with Crippen molar-refractivity contribution < 1.29 is 0 Å². The molecule has 16 heavy (non-hydrogen) atoms. The molecule has 6 heteroatoms. The van der Waals surface area contributed by atoms with Crippen molar-refractivity contribution in [2.24, 2.45) is 5.73 Å². The van der Waals surface area contributed by atoms with Crippen LogP contribution in [0.3, 0.4) is 0 Å². The highest BCUT2D eigenvalue weighted by molar-refractivity contribution is 7.05. The van der Waals surface area contributed by atoms with Gasteiger partial charge in [-0.1, -0.05) is 33.8 Å². The number of hydrogen-bond acceptors (Lipinski definition) is 4. The first-order chi connectivity index (χ1) is 7.59. The number of rotatable bonds is 2. The van der Waals surface area contributed by atoms with Gasteiger partial charge < -0.3 is 5.73 Å². The summed E-state index contributed by atoms with van der Waals surface area (Å²) in [6.07, 6.45) is 0. The van der Waals surface area contributed by atoms with Gasteiger partial charge in [-0.2, -0.15) is 0 Å². The molecule has 0 aliphatic heterocycles. The Morgan fingerprint density at radius 3 is 2.62 bits per heavy atom. The van der Waals surface area contributed by atoms with Crippen molar-refractivity contribution in [3.05, 3.63) is 44.4 Å². The molecule has 0 aliphatic rings. The lowest BCUT2D eigenvalue weighted by molar-refractivity contribution is 0.874. The highest BCUT2D eigenvalue weighted by atomic mass is 35.5. The van der Waals surface area contributed by atoms with E-state index in [1.807, 2.05) is 13.0 Å². The zero-order valence-corrected chi connectivity index (χ0v) is 10.8. The molecule has 0 spiro atoms. The van der Waals surface area contributed by atoms with Crippen molar-refractivity contribution in [2.45, 2.75) is 13.0 Å². The smallest absolute Gasteiger partial charge is 0.0776 e. The van der Waals surface area contributed by atoms with Crippen molar-refractivity contribution >= 4 is 34.7 Å². The molecule has 84 valence electrons. The molecule has 0 saturated carbocycles. The van der Waals surface area contributed by atoms with Gasteiger partial charge >= 0.3 is 0 Å². The molecule has 1 aromatic heterocycles. The quantitative estimate of drug-likeness (QED) is 0.914. The van der Waals surface area contributed by atoms with Gasteiger partial charge in [-0.3, -0.25) is 0 Å². The molecule has 1 unspecified atom stereocenters. The summed E-state index contributed by atoms with van der Waals surface area (Å²) in [4.78, 5) is 0.943. The SMILES string of the molecule is Cc1nnsc1C(N)c1ccc(Cl)c(Cl)c1. The van der Waals surface area contributed by atoms with Crippen LogP contribution in [0.2, 0.25) is 10.0 Å². The summed E-state index contributed by atoms with van der Waals surface area (Å²) in [6.45, 7) is 1.89. The van der Waals surface area contributed by atoms with E-state index in [-0.39, 0.29) is 6.04 Å². The van der Waals surface area contributed by atoms with Gasteiger partial charge in [0.1, 0.15) is 0 Å². The standard InChI is InChI=1S/C10H9Cl2N3S/c1-5-10(16-15-14-5)9(13)6-2-3-7(11)8(12)4-6/h2-4,9H,13H2,1H3. The van der Waals surface area contributed by atoms with E-state index in [2.05, 4.69) is 9.59 Å². The van der Waals surface area contributed by atoms with Crippen molar-refractivity contribution in [1.82, 2.24) is 9.59 Å². The third kappa shape index (κ3) is 2.20. The Morgan fingerprint density at radius 1 is 1.31 bits per heavy atom. The molecule has 1 aromatic carbocycles. The van der Waals surface area contributed by atoms with Crippen LogP contribution < -0.4 is 5.73 Å². The number of nitrogens with two attached hydrogens (primary N) is 1. The monoisotopic (exact) mass is 273 g/mol. The van der Waals surface area contributed by atoms with Crippen LogP contribution in [0.15, 0.2) is 18.2 Å². The van der Waals surface area contributed by atoms with Crippen molar-refractivity contribution in [3.63, 3.8) is 0 Å². The molecular formula is C10H9Cl2N3S. The van der Waals surface area contributed by atoms with Gasteiger partial charge in [0.25, 0.3) is 0 Å². The first-order valence-corrected chi connectivity index (χ1v) is 6.12. The number of nitrogens with zero attached hydrogens (tertiary/aromatic N) is 2. The summed E-state index contributed by atoms with van der Waals surface area (Å²) in [7, 11) is 0. The summed E-state index contributed by atoms with van der Waals surface area (Å²) >= 11 is 13.1. The second-order valence-corrected chi connectivity index (χ2v) is 4.97. The third-order valence-electron chi connectivity index (χ3n) is 2.27. The predicted octanol–water partition coefficient (Wildman–Crippen LogP) is 3.20. The van der Waals surface area contributed by atoms with Gasteiger partial charge in [-0.15, -0.1) is 5.10 Å². The largest absolute Gasteiger partial charge is 0.319 e. The summed E-state index contributed by atoms with van der Waals surface area (Å²) < 4.78 is 3.86. The number of hydrogen-bond donors (Lipinski definition) is 1. The normalized spacial score (nSPS) is 12.8. The zero-order valence-electron chi connectivity index (χ0n) is 8.45. The molecule has 0 radical (unpaired) electrons.